The zero-order valence-corrected chi connectivity index (χ0v) is 38.3. The van der Waals surface area contributed by atoms with E-state index in [9.17, 15) is 0 Å². The van der Waals surface area contributed by atoms with E-state index in [1.54, 1.807) is 0 Å². The molecule has 11 aromatic carbocycles. The van der Waals surface area contributed by atoms with Gasteiger partial charge in [0.15, 0.2) is 0 Å². The Morgan fingerprint density at radius 1 is 0.200 bits per heavy atom. The van der Waals surface area contributed by atoms with Crippen LogP contribution in [0.5, 0.6) is 0 Å². The summed E-state index contributed by atoms with van der Waals surface area (Å²) < 4.78 is 5.20. The predicted octanol–water partition coefficient (Wildman–Crippen LogP) is 16.8. The van der Waals surface area contributed by atoms with E-state index >= 15 is 0 Å². The molecule has 326 valence electrons. The van der Waals surface area contributed by atoms with Crippen molar-refractivity contribution in [3.05, 3.63) is 311 Å². The maximum absolute atomic E-state index is 2.60. The fraction of sp³-hybridized carbons (Fsp3) is 0.0294. The highest BCUT2D eigenvalue weighted by molar-refractivity contribution is 6.45. The monoisotopic (exact) mass is 888 g/mol. The molecule has 4 aromatic heterocycles. The van der Waals surface area contributed by atoms with E-state index in [2.05, 4.69) is 276 Å². The van der Waals surface area contributed by atoms with Crippen LogP contribution in [0.3, 0.4) is 0 Å². The van der Waals surface area contributed by atoms with Crippen molar-refractivity contribution in [2.45, 2.75) is 10.8 Å². The second-order valence-corrected chi connectivity index (χ2v) is 19.1. The summed E-state index contributed by atoms with van der Waals surface area (Å²) in [6.07, 6.45) is 0. The molecule has 0 N–H and O–H groups in total. The summed E-state index contributed by atoms with van der Waals surface area (Å²) in [4.78, 5) is 0. The van der Waals surface area contributed by atoms with Crippen LogP contribution >= 0.6 is 0 Å². The summed E-state index contributed by atoms with van der Waals surface area (Å²) in [7, 11) is 0. The molecule has 2 heteroatoms. The van der Waals surface area contributed by atoms with Gasteiger partial charge in [0.05, 0.1) is 43.9 Å². The summed E-state index contributed by atoms with van der Waals surface area (Å²) >= 11 is 0. The SMILES string of the molecule is c1ccc(C(c2ccccc2)(c2ccccc2)c2ccc3c4c5c6ccccc6n6c7cc(C(c8ccccc8)(c8ccccc8)c8ccccc8)ccc7c(c7c8ccccc8n(c3c2)c74)c56)cc1. The Balaban J connectivity index is 1.10. The fourth-order valence-electron chi connectivity index (χ4n) is 13.2. The Bertz CT molecular complexity index is 3940. The molecule has 0 aliphatic heterocycles. The average molecular weight is 889 g/mol. The number of hydrogen-bond donors (Lipinski definition) is 0. The molecule has 0 aliphatic rings. The second-order valence-electron chi connectivity index (χ2n) is 19.1. The van der Waals surface area contributed by atoms with Crippen LogP contribution in [0.1, 0.15) is 44.5 Å². The summed E-state index contributed by atoms with van der Waals surface area (Å²) in [6.45, 7) is 0. The zero-order chi connectivity index (χ0) is 46.0. The molecule has 0 saturated carbocycles. The van der Waals surface area contributed by atoms with Crippen LogP contribution in [0.15, 0.2) is 267 Å². The normalized spacial score (nSPS) is 12.6. The van der Waals surface area contributed by atoms with E-state index < -0.39 is 10.8 Å². The smallest absolute Gasteiger partial charge is 0.0702 e. The van der Waals surface area contributed by atoms with E-state index in [1.165, 1.54) is 121 Å². The molecule has 0 saturated heterocycles. The number of para-hydroxylation sites is 2. The topological polar surface area (TPSA) is 8.82 Å². The number of hydrogen-bond acceptors (Lipinski definition) is 0. The number of rotatable bonds is 8. The van der Waals surface area contributed by atoms with Crippen molar-refractivity contribution in [1.82, 2.24) is 8.80 Å². The van der Waals surface area contributed by atoms with Crippen LogP contribution in [0.4, 0.5) is 0 Å². The highest BCUT2D eigenvalue weighted by Gasteiger charge is 2.41. The van der Waals surface area contributed by atoms with Crippen LogP contribution in [-0.4, -0.2) is 8.80 Å². The average Bonchev–Trinajstić information content (AvgIpc) is 4.17. The largest absolute Gasteiger partial charge is 0.308 e. The van der Waals surface area contributed by atoms with Gasteiger partial charge in [0, 0.05) is 43.1 Å². The van der Waals surface area contributed by atoms with E-state index in [4.69, 9.17) is 0 Å². The van der Waals surface area contributed by atoms with Crippen LogP contribution in [-0.2, 0) is 10.8 Å². The van der Waals surface area contributed by atoms with Crippen molar-refractivity contribution >= 4 is 76.2 Å². The van der Waals surface area contributed by atoms with Crippen molar-refractivity contribution in [3.8, 4) is 0 Å². The first kappa shape index (κ1) is 39.1. The van der Waals surface area contributed by atoms with Crippen LogP contribution in [0.25, 0.3) is 76.2 Å². The first-order valence-corrected chi connectivity index (χ1v) is 24.4. The Morgan fingerprint density at radius 2 is 0.443 bits per heavy atom. The Hall–Kier alpha value is -8.98. The number of fused-ring (bicyclic) bond motifs is 14. The number of aromatic nitrogens is 2. The molecule has 0 fully saturated rings. The van der Waals surface area contributed by atoms with Crippen molar-refractivity contribution in [2.24, 2.45) is 0 Å². The van der Waals surface area contributed by atoms with Crippen molar-refractivity contribution in [1.29, 1.82) is 0 Å². The van der Waals surface area contributed by atoms with Gasteiger partial charge in [-0.15, -0.1) is 0 Å². The fourth-order valence-corrected chi connectivity index (χ4v) is 13.2. The quantitative estimate of drug-likeness (QED) is 0.134. The van der Waals surface area contributed by atoms with Crippen LogP contribution in [0, 0.1) is 0 Å². The van der Waals surface area contributed by atoms with Gasteiger partial charge in [-0.05, 0) is 68.8 Å². The van der Waals surface area contributed by atoms with Gasteiger partial charge in [0.25, 0.3) is 0 Å². The molecule has 70 heavy (non-hydrogen) atoms. The lowest BCUT2D eigenvalue weighted by Crippen LogP contribution is -2.31. The van der Waals surface area contributed by atoms with Crippen LogP contribution in [0.2, 0.25) is 0 Å². The van der Waals surface area contributed by atoms with Gasteiger partial charge in [-0.2, -0.15) is 0 Å². The Morgan fingerprint density at radius 3 is 0.729 bits per heavy atom. The minimum absolute atomic E-state index is 0.581. The molecule has 0 bridgehead atoms. The molecule has 2 nitrogen and oxygen atoms in total. The highest BCUT2D eigenvalue weighted by atomic mass is 14.9. The molecular weight excluding hydrogens is 845 g/mol. The molecule has 0 radical (unpaired) electrons. The minimum Gasteiger partial charge on any atom is -0.308 e. The first-order valence-electron chi connectivity index (χ1n) is 24.4. The molecular formula is C68H44N2. The lowest BCUT2D eigenvalue weighted by atomic mass is 9.65. The standard InChI is InChI=1S/C68H44N2/c1-7-23-45(24-8-1)67(46-25-9-2-10-26-46,47-27-11-3-12-28-47)51-39-41-55-59(43-51)69-57-37-21-19-35-53(57)62-64-56-42-40-52(44-60(56)70-58-38-22-20-36-54(58)61(66(64)70)63(55)65(62)69)68(48-29-13-4-14-30-48,49-31-15-5-16-32-49)50-33-17-6-18-34-50/h1-44H. The van der Waals surface area contributed by atoms with Crippen LogP contribution < -0.4 is 0 Å². The van der Waals surface area contributed by atoms with Gasteiger partial charge in [-0.3, -0.25) is 0 Å². The maximum Gasteiger partial charge on any atom is 0.0702 e. The van der Waals surface area contributed by atoms with Crippen molar-refractivity contribution in [2.75, 3.05) is 0 Å². The lowest BCUT2D eigenvalue weighted by Gasteiger charge is -2.37. The lowest BCUT2D eigenvalue weighted by molar-refractivity contribution is 0.746. The molecule has 0 unspecified atom stereocenters. The number of benzene rings is 11. The number of nitrogens with zero attached hydrogens (tertiary/aromatic N) is 2. The van der Waals surface area contributed by atoms with Gasteiger partial charge in [-0.25, -0.2) is 0 Å². The molecule has 0 spiro atoms. The summed E-state index contributed by atoms with van der Waals surface area (Å²) in [5.41, 5.74) is 16.2. The van der Waals surface area contributed by atoms with Gasteiger partial charge in [-0.1, -0.05) is 243 Å². The molecule has 15 rings (SSSR count). The molecule has 15 aromatic rings. The third kappa shape index (κ3) is 5.02. The molecule has 0 amide bonds. The second kappa shape index (κ2) is 14.8. The predicted molar refractivity (Wildman–Crippen MR) is 292 cm³/mol. The van der Waals surface area contributed by atoms with E-state index in [-0.39, 0.29) is 0 Å². The summed E-state index contributed by atoms with van der Waals surface area (Å²) in [5.74, 6) is 0. The van der Waals surface area contributed by atoms with Gasteiger partial charge in [0.2, 0.25) is 0 Å². The molecule has 0 aliphatic carbocycles. The summed E-state index contributed by atoms with van der Waals surface area (Å²) in [5, 5.41) is 10.3. The maximum atomic E-state index is 2.60. The zero-order valence-electron chi connectivity index (χ0n) is 38.3. The third-order valence-corrected chi connectivity index (χ3v) is 15.8. The highest BCUT2D eigenvalue weighted by Crippen LogP contribution is 2.54. The Kier molecular flexibility index (Phi) is 8.24. The summed E-state index contributed by atoms with van der Waals surface area (Å²) in [6, 6.07) is 99.5. The van der Waals surface area contributed by atoms with Gasteiger partial charge in [0.1, 0.15) is 0 Å². The van der Waals surface area contributed by atoms with Crippen molar-refractivity contribution in [3.63, 3.8) is 0 Å². The third-order valence-electron chi connectivity index (χ3n) is 15.8. The van der Waals surface area contributed by atoms with E-state index in [1.807, 2.05) is 0 Å². The van der Waals surface area contributed by atoms with E-state index in [0.717, 1.165) is 0 Å². The minimum atomic E-state index is -0.581. The van der Waals surface area contributed by atoms with Gasteiger partial charge >= 0.3 is 0 Å². The van der Waals surface area contributed by atoms with Gasteiger partial charge < -0.3 is 8.80 Å². The first-order chi connectivity index (χ1) is 34.8. The molecule has 4 heterocycles. The van der Waals surface area contributed by atoms with Crippen molar-refractivity contribution < 1.29 is 0 Å². The van der Waals surface area contributed by atoms with E-state index in [0.29, 0.717) is 0 Å². The Labute approximate surface area is 405 Å². The molecule has 0 atom stereocenters.